The molecule has 0 aliphatic rings. The maximum atomic E-state index is 13.4. The van der Waals surface area contributed by atoms with Crippen LogP contribution in [0.25, 0.3) is 0 Å². The van der Waals surface area contributed by atoms with Crippen molar-refractivity contribution in [2.24, 2.45) is 5.73 Å². The standard InChI is InChI=1S/C15H24FN3O/c1-4-7-19(11-15(20)18(2)3)10-13-8-14(16)6-5-12(13)9-17/h5-6,8H,4,7,9-11,17H2,1-3H3. The zero-order chi connectivity index (χ0) is 15.1. The topological polar surface area (TPSA) is 49.6 Å². The van der Waals surface area contributed by atoms with Gasteiger partial charge in [-0.15, -0.1) is 0 Å². The molecular formula is C15H24FN3O. The molecule has 112 valence electrons. The van der Waals surface area contributed by atoms with Gasteiger partial charge in [0.1, 0.15) is 5.82 Å². The summed E-state index contributed by atoms with van der Waals surface area (Å²) in [6.45, 7) is 4.10. The molecule has 0 saturated carbocycles. The van der Waals surface area contributed by atoms with Gasteiger partial charge in [0, 0.05) is 27.2 Å². The molecule has 0 saturated heterocycles. The van der Waals surface area contributed by atoms with Crippen LogP contribution < -0.4 is 5.73 Å². The number of hydrogen-bond donors (Lipinski definition) is 1. The minimum absolute atomic E-state index is 0.0455. The molecule has 0 aliphatic heterocycles. The fourth-order valence-electron chi connectivity index (χ4n) is 2.04. The first-order valence-electron chi connectivity index (χ1n) is 6.87. The first-order chi connectivity index (χ1) is 9.47. The summed E-state index contributed by atoms with van der Waals surface area (Å²) >= 11 is 0. The highest BCUT2D eigenvalue weighted by Crippen LogP contribution is 2.14. The molecule has 5 heteroatoms. The van der Waals surface area contributed by atoms with E-state index < -0.39 is 0 Å². The maximum Gasteiger partial charge on any atom is 0.236 e. The number of rotatable bonds is 7. The molecule has 1 aromatic carbocycles. The van der Waals surface area contributed by atoms with Crippen molar-refractivity contribution in [1.29, 1.82) is 0 Å². The Balaban J connectivity index is 2.84. The number of amides is 1. The summed E-state index contributed by atoms with van der Waals surface area (Å²) in [5, 5.41) is 0. The monoisotopic (exact) mass is 281 g/mol. The number of likely N-dealkylation sites (N-methyl/N-ethyl adjacent to an activating group) is 1. The van der Waals surface area contributed by atoms with E-state index in [1.54, 1.807) is 25.1 Å². The summed E-state index contributed by atoms with van der Waals surface area (Å²) < 4.78 is 13.4. The highest BCUT2D eigenvalue weighted by Gasteiger charge is 2.14. The van der Waals surface area contributed by atoms with Crippen LogP contribution in [-0.2, 0) is 17.9 Å². The molecule has 0 radical (unpaired) electrons. The number of halogens is 1. The quantitative estimate of drug-likeness (QED) is 0.825. The van der Waals surface area contributed by atoms with Crippen molar-refractivity contribution in [2.45, 2.75) is 26.4 Å². The molecule has 1 rings (SSSR count). The lowest BCUT2D eigenvalue weighted by Crippen LogP contribution is -2.37. The molecule has 1 aromatic rings. The van der Waals surface area contributed by atoms with Crippen LogP contribution in [0.5, 0.6) is 0 Å². The van der Waals surface area contributed by atoms with Gasteiger partial charge in [-0.2, -0.15) is 0 Å². The molecule has 0 fully saturated rings. The van der Waals surface area contributed by atoms with E-state index >= 15 is 0 Å². The van der Waals surface area contributed by atoms with E-state index in [9.17, 15) is 9.18 Å². The van der Waals surface area contributed by atoms with Gasteiger partial charge in [0.2, 0.25) is 5.91 Å². The molecule has 4 nitrogen and oxygen atoms in total. The highest BCUT2D eigenvalue weighted by molar-refractivity contribution is 5.77. The van der Waals surface area contributed by atoms with E-state index in [2.05, 4.69) is 6.92 Å². The number of benzene rings is 1. The van der Waals surface area contributed by atoms with Crippen molar-refractivity contribution >= 4 is 5.91 Å². The van der Waals surface area contributed by atoms with E-state index in [1.165, 1.54) is 12.1 Å². The minimum atomic E-state index is -0.271. The molecule has 0 aliphatic carbocycles. The summed E-state index contributed by atoms with van der Waals surface area (Å²) in [5.74, 6) is -0.225. The van der Waals surface area contributed by atoms with Crippen LogP contribution in [-0.4, -0.2) is 42.9 Å². The molecule has 0 bridgehead atoms. The fraction of sp³-hybridized carbons (Fsp3) is 0.533. The molecule has 0 aromatic heterocycles. The zero-order valence-electron chi connectivity index (χ0n) is 12.5. The molecule has 0 spiro atoms. The van der Waals surface area contributed by atoms with Crippen molar-refractivity contribution in [3.63, 3.8) is 0 Å². The van der Waals surface area contributed by atoms with Gasteiger partial charge < -0.3 is 10.6 Å². The second-order valence-corrected chi connectivity index (χ2v) is 5.12. The van der Waals surface area contributed by atoms with Crippen LogP contribution in [0.3, 0.4) is 0 Å². The lowest BCUT2D eigenvalue weighted by atomic mass is 10.1. The number of nitrogens with two attached hydrogens (primary N) is 1. The third-order valence-corrected chi connectivity index (χ3v) is 3.18. The number of carbonyl (C=O) groups excluding carboxylic acids is 1. The third-order valence-electron chi connectivity index (χ3n) is 3.18. The Labute approximate surface area is 120 Å². The summed E-state index contributed by atoms with van der Waals surface area (Å²) in [6, 6.07) is 4.63. The van der Waals surface area contributed by atoms with E-state index in [4.69, 9.17) is 5.73 Å². The zero-order valence-corrected chi connectivity index (χ0v) is 12.5. The van der Waals surface area contributed by atoms with Crippen molar-refractivity contribution in [3.8, 4) is 0 Å². The van der Waals surface area contributed by atoms with Crippen molar-refractivity contribution in [1.82, 2.24) is 9.80 Å². The molecule has 0 heterocycles. The van der Waals surface area contributed by atoms with E-state index in [1.807, 2.05) is 4.90 Å². The average Bonchev–Trinajstić information content (AvgIpc) is 2.39. The van der Waals surface area contributed by atoms with Crippen LogP contribution in [0, 0.1) is 5.82 Å². The van der Waals surface area contributed by atoms with Crippen LogP contribution in [0.2, 0.25) is 0 Å². The van der Waals surface area contributed by atoms with Crippen molar-refractivity contribution in [2.75, 3.05) is 27.2 Å². The Morgan fingerprint density at radius 1 is 1.30 bits per heavy atom. The summed E-state index contributed by atoms with van der Waals surface area (Å²) in [5.41, 5.74) is 7.46. The van der Waals surface area contributed by atoms with Crippen LogP contribution in [0.15, 0.2) is 18.2 Å². The Kier molecular flexibility index (Phi) is 6.61. The Morgan fingerprint density at radius 2 is 2.00 bits per heavy atom. The summed E-state index contributed by atoms with van der Waals surface area (Å²) in [6.07, 6.45) is 0.938. The first kappa shape index (κ1) is 16.6. The Bertz CT molecular complexity index is 449. The van der Waals surface area contributed by atoms with Gasteiger partial charge in [-0.3, -0.25) is 9.69 Å². The Morgan fingerprint density at radius 3 is 2.55 bits per heavy atom. The molecule has 0 atom stereocenters. The predicted octanol–water partition coefficient (Wildman–Crippen LogP) is 1.58. The van der Waals surface area contributed by atoms with Crippen LogP contribution in [0.4, 0.5) is 4.39 Å². The lowest BCUT2D eigenvalue weighted by molar-refractivity contribution is -0.130. The molecule has 1 amide bonds. The van der Waals surface area contributed by atoms with Crippen molar-refractivity contribution < 1.29 is 9.18 Å². The minimum Gasteiger partial charge on any atom is -0.348 e. The average molecular weight is 281 g/mol. The van der Waals surface area contributed by atoms with Gasteiger partial charge >= 0.3 is 0 Å². The summed E-state index contributed by atoms with van der Waals surface area (Å²) in [7, 11) is 3.47. The largest absolute Gasteiger partial charge is 0.348 e. The third kappa shape index (κ3) is 4.90. The van der Waals surface area contributed by atoms with Gasteiger partial charge in [-0.1, -0.05) is 13.0 Å². The van der Waals surface area contributed by atoms with Gasteiger partial charge in [0.15, 0.2) is 0 Å². The first-order valence-corrected chi connectivity index (χ1v) is 6.87. The number of carbonyl (C=O) groups is 1. The van der Waals surface area contributed by atoms with E-state index in [0.29, 0.717) is 19.6 Å². The predicted molar refractivity (Wildman–Crippen MR) is 78.6 cm³/mol. The van der Waals surface area contributed by atoms with E-state index in [-0.39, 0.29) is 11.7 Å². The van der Waals surface area contributed by atoms with Gasteiger partial charge in [-0.05, 0) is 36.2 Å². The van der Waals surface area contributed by atoms with Crippen LogP contribution in [0.1, 0.15) is 24.5 Å². The molecule has 2 N–H and O–H groups in total. The second kappa shape index (κ2) is 7.97. The Hall–Kier alpha value is -1.46. The van der Waals surface area contributed by atoms with Gasteiger partial charge in [0.25, 0.3) is 0 Å². The van der Waals surface area contributed by atoms with Crippen LogP contribution >= 0.6 is 0 Å². The number of nitrogens with zero attached hydrogens (tertiary/aromatic N) is 2. The molecular weight excluding hydrogens is 257 g/mol. The maximum absolute atomic E-state index is 13.4. The van der Waals surface area contributed by atoms with Crippen molar-refractivity contribution in [3.05, 3.63) is 35.1 Å². The van der Waals surface area contributed by atoms with Gasteiger partial charge in [0.05, 0.1) is 6.54 Å². The second-order valence-electron chi connectivity index (χ2n) is 5.12. The van der Waals surface area contributed by atoms with E-state index in [0.717, 1.165) is 24.1 Å². The highest BCUT2D eigenvalue weighted by atomic mass is 19.1. The summed E-state index contributed by atoms with van der Waals surface area (Å²) in [4.78, 5) is 15.4. The lowest BCUT2D eigenvalue weighted by Gasteiger charge is -2.24. The normalized spacial score (nSPS) is 10.9. The molecule has 20 heavy (non-hydrogen) atoms. The number of hydrogen-bond acceptors (Lipinski definition) is 3. The SMILES string of the molecule is CCCN(CC(=O)N(C)C)Cc1cc(F)ccc1CN. The smallest absolute Gasteiger partial charge is 0.236 e. The molecule has 0 unspecified atom stereocenters. The van der Waals surface area contributed by atoms with Gasteiger partial charge in [-0.25, -0.2) is 4.39 Å². The fourth-order valence-corrected chi connectivity index (χ4v) is 2.04.